The number of benzene rings is 1. The molecule has 1 fully saturated rings. The quantitative estimate of drug-likeness (QED) is 0.897. The van der Waals surface area contributed by atoms with Gasteiger partial charge in [0, 0.05) is 18.2 Å². The van der Waals surface area contributed by atoms with Gasteiger partial charge in [-0.05, 0) is 53.5 Å². The molecule has 1 aliphatic rings. The Morgan fingerprint density at radius 2 is 2.44 bits per heavy atom. The van der Waals surface area contributed by atoms with Crippen LogP contribution in [0.15, 0.2) is 22.7 Å². The average molecular weight is 313 g/mol. The normalized spacial score (nSPS) is 18.7. The van der Waals surface area contributed by atoms with Crippen LogP contribution in [0.25, 0.3) is 0 Å². The first kappa shape index (κ1) is 13.4. The number of methoxy groups -OCH3 is 1. The summed E-state index contributed by atoms with van der Waals surface area (Å²) in [5.74, 6) is 1.24. The Balaban J connectivity index is 1.93. The van der Waals surface area contributed by atoms with Crippen molar-refractivity contribution in [3.05, 3.63) is 22.7 Å². The van der Waals surface area contributed by atoms with E-state index in [1.165, 1.54) is 0 Å². The van der Waals surface area contributed by atoms with Gasteiger partial charge in [-0.25, -0.2) is 0 Å². The summed E-state index contributed by atoms with van der Waals surface area (Å²) in [6, 6.07) is 5.54. The standard InChI is InChI=1S/C13H17BrN2O2/c1-18-12-7-10(2-3-11(12)14)16-13(17)6-9-4-5-15-8-9/h2-3,7,9,15H,4-6,8H2,1H3,(H,16,17). The van der Waals surface area contributed by atoms with Gasteiger partial charge in [-0.15, -0.1) is 0 Å². The summed E-state index contributed by atoms with van der Waals surface area (Å²) >= 11 is 3.38. The predicted molar refractivity (Wildman–Crippen MR) is 74.9 cm³/mol. The Hall–Kier alpha value is -1.07. The van der Waals surface area contributed by atoms with Gasteiger partial charge >= 0.3 is 0 Å². The van der Waals surface area contributed by atoms with Crippen molar-refractivity contribution >= 4 is 27.5 Å². The van der Waals surface area contributed by atoms with E-state index in [2.05, 4.69) is 26.6 Å². The molecular formula is C13H17BrN2O2. The van der Waals surface area contributed by atoms with Crippen LogP contribution in [0, 0.1) is 5.92 Å². The third-order valence-electron chi connectivity index (χ3n) is 3.07. The average Bonchev–Trinajstić information content (AvgIpc) is 2.84. The van der Waals surface area contributed by atoms with Gasteiger partial charge in [0.2, 0.25) is 5.91 Å². The van der Waals surface area contributed by atoms with Gasteiger partial charge in [0.25, 0.3) is 0 Å². The SMILES string of the molecule is COc1cc(NC(=O)CC2CCNC2)ccc1Br. The highest BCUT2D eigenvalue weighted by Crippen LogP contribution is 2.28. The molecule has 1 aliphatic heterocycles. The first-order valence-electron chi connectivity index (χ1n) is 6.03. The predicted octanol–water partition coefficient (Wildman–Crippen LogP) is 2.40. The van der Waals surface area contributed by atoms with Crippen LogP contribution in [0.3, 0.4) is 0 Å². The highest BCUT2D eigenvalue weighted by molar-refractivity contribution is 9.10. The first-order chi connectivity index (χ1) is 8.69. The molecule has 4 nitrogen and oxygen atoms in total. The molecule has 1 atom stereocenters. The van der Waals surface area contributed by atoms with E-state index in [9.17, 15) is 4.79 Å². The highest BCUT2D eigenvalue weighted by atomic mass is 79.9. The monoisotopic (exact) mass is 312 g/mol. The molecule has 0 radical (unpaired) electrons. The van der Waals surface area contributed by atoms with E-state index in [0.29, 0.717) is 12.3 Å². The second-order valence-electron chi connectivity index (χ2n) is 4.46. The summed E-state index contributed by atoms with van der Waals surface area (Å²) in [7, 11) is 1.61. The zero-order valence-corrected chi connectivity index (χ0v) is 11.9. The first-order valence-corrected chi connectivity index (χ1v) is 6.82. The summed E-state index contributed by atoms with van der Waals surface area (Å²) < 4.78 is 6.07. The zero-order chi connectivity index (χ0) is 13.0. The fraction of sp³-hybridized carbons (Fsp3) is 0.462. The van der Waals surface area contributed by atoms with Crippen LogP contribution >= 0.6 is 15.9 Å². The summed E-state index contributed by atoms with van der Waals surface area (Å²) in [4.78, 5) is 11.9. The number of hydrogen-bond donors (Lipinski definition) is 2. The molecule has 98 valence electrons. The highest BCUT2D eigenvalue weighted by Gasteiger charge is 2.18. The van der Waals surface area contributed by atoms with Crippen LogP contribution in [0.2, 0.25) is 0 Å². The smallest absolute Gasteiger partial charge is 0.224 e. The Morgan fingerprint density at radius 3 is 3.11 bits per heavy atom. The summed E-state index contributed by atoms with van der Waals surface area (Å²) in [5, 5.41) is 6.16. The maximum Gasteiger partial charge on any atom is 0.224 e. The van der Waals surface area contributed by atoms with Crippen molar-refractivity contribution in [2.75, 3.05) is 25.5 Å². The maximum atomic E-state index is 11.9. The van der Waals surface area contributed by atoms with Crippen LogP contribution in [0.1, 0.15) is 12.8 Å². The fourth-order valence-corrected chi connectivity index (χ4v) is 2.51. The largest absolute Gasteiger partial charge is 0.495 e. The number of carbonyl (C=O) groups excluding carboxylic acids is 1. The number of hydrogen-bond acceptors (Lipinski definition) is 3. The number of carbonyl (C=O) groups is 1. The lowest BCUT2D eigenvalue weighted by Crippen LogP contribution is -2.18. The molecule has 0 spiro atoms. The van der Waals surface area contributed by atoms with Crippen molar-refractivity contribution in [3.63, 3.8) is 0 Å². The number of halogens is 1. The lowest BCUT2D eigenvalue weighted by molar-refractivity contribution is -0.116. The molecule has 5 heteroatoms. The summed E-state index contributed by atoms with van der Waals surface area (Å²) in [5.41, 5.74) is 0.769. The second-order valence-corrected chi connectivity index (χ2v) is 5.31. The molecule has 0 bridgehead atoms. The molecule has 1 heterocycles. The van der Waals surface area contributed by atoms with E-state index >= 15 is 0 Å². The summed E-state index contributed by atoms with van der Waals surface area (Å²) in [6.45, 7) is 1.96. The van der Waals surface area contributed by atoms with Gasteiger partial charge in [-0.2, -0.15) is 0 Å². The van der Waals surface area contributed by atoms with E-state index < -0.39 is 0 Å². The van der Waals surface area contributed by atoms with Gasteiger partial charge < -0.3 is 15.4 Å². The number of amides is 1. The van der Waals surface area contributed by atoms with Crippen LogP contribution < -0.4 is 15.4 Å². The molecule has 0 saturated carbocycles. The Morgan fingerprint density at radius 1 is 1.61 bits per heavy atom. The minimum atomic E-state index is 0.0630. The van der Waals surface area contributed by atoms with Gasteiger partial charge in [0.1, 0.15) is 5.75 Å². The Labute approximate surface area is 115 Å². The van der Waals surface area contributed by atoms with Crippen LogP contribution in [0.5, 0.6) is 5.75 Å². The molecule has 1 aromatic rings. The molecule has 1 aromatic carbocycles. The lowest BCUT2D eigenvalue weighted by atomic mass is 10.0. The molecule has 1 saturated heterocycles. The molecule has 1 amide bonds. The van der Waals surface area contributed by atoms with Crippen molar-refractivity contribution in [1.29, 1.82) is 0 Å². The van der Waals surface area contributed by atoms with Gasteiger partial charge in [0.15, 0.2) is 0 Å². The van der Waals surface area contributed by atoms with E-state index in [1.807, 2.05) is 18.2 Å². The molecule has 0 aliphatic carbocycles. The van der Waals surface area contributed by atoms with Crippen molar-refractivity contribution in [1.82, 2.24) is 5.32 Å². The van der Waals surface area contributed by atoms with Crippen molar-refractivity contribution in [2.24, 2.45) is 5.92 Å². The lowest BCUT2D eigenvalue weighted by Gasteiger charge is -2.10. The molecule has 2 rings (SSSR count). The maximum absolute atomic E-state index is 11.9. The van der Waals surface area contributed by atoms with E-state index in [0.717, 1.165) is 35.4 Å². The van der Waals surface area contributed by atoms with Gasteiger partial charge in [-0.3, -0.25) is 4.79 Å². The van der Waals surface area contributed by atoms with Crippen LogP contribution in [-0.4, -0.2) is 26.1 Å². The Kier molecular flexibility index (Phi) is 4.60. The topological polar surface area (TPSA) is 50.4 Å². The number of anilines is 1. The molecular weight excluding hydrogens is 296 g/mol. The third-order valence-corrected chi connectivity index (χ3v) is 3.73. The minimum Gasteiger partial charge on any atom is -0.495 e. The van der Waals surface area contributed by atoms with Crippen LogP contribution in [-0.2, 0) is 4.79 Å². The van der Waals surface area contributed by atoms with Crippen molar-refractivity contribution in [3.8, 4) is 5.75 Å². The number of rotatable bonds is 4. The second kappa shape index (κ2) is 6.20. The number of nitrogens with one attached hydrogen (secondary N) is 2. The number of ether oxygens (including phenoxy) is 1. The van der Waals surface area contributed by atoms with Gasteiger partial charge in [-0.1, -0.05) is 0 Å². The van der Waals surface area contributed by atoms with E-state index in [1.54, 1.807) is 7.11 Å². The fourth-order valence-electron chi connectivity index (χ4n) is 2.10. The van der Waals surface area contributed by atoms with E-state index in [-0.39, 0.29) is 5.91 Å². The van der Waals surface area contributed by atoms with Crippen molar-refractivity contribution in [2.45, 2.75) is 12.8 Å². The third kappa shape index (κ3) is 3.46. The van der Waals surface area contributed by atoms with E-state index in [4.69, 9.17) is 4.74 Å². The van der Waals surface area contributed by atoms with Crippen LogP contribution in [0.4, 0.5) is 5.69 Å². The van der Waals surface area contributed by atoms with Crippen molar-refractivity contribution < 1.29 is 9.53 Å². The minimum absolute atomic E-state index is 0.0630. The molecule has 18 heavy (non-hydrogen) atoms. The molecule has 0 aromatic heterocycles. The zero-order valence-electron chi connectivity index (χ0n) is 10.3. The Bertz CT molecular complexity index is 431. The molecule has 2 N–H and O–H groups in total. The summed E-state index contributed by atoms with van der Waals surface area (Å²) in [6.07, 6.45) is 1.66. The molecule has 1 unspecified atom stereocenters. The van der Waals surface area contributed by atoms with Gasteiger partial charge in [0.05, 0.1) is 11.6 Å².